The van der Waals surface area contributed by atoms with Gasteiger partial charge in [-0.05, 0) is 36.4 Å². The summed E-state index contributed by atoms with van der Waals surface area (Å²) >= 11 is 12.1. The minimum atomic E-state index is 0.0802. The molecule has 2 aromatic carbocycles. The molecule has 2 heterocycles. The topological polar surface area (TPSA) is 72.7 Å². The molecule has 2 aromatic heterocycles. The number of imidazole rings is 1. The molecule has 0 amide bonds. The van der Waals surface area contributed by atoms with Crippen molar-refractivity contribution in [3.63, 3.8) is 0 Å². The van der Waals surface area contributed by atoms with Gasteiger partial charge in [-0.15, -0.1) is 0 Å². The van der Waals surface area contributed by atoms with Crippen LogP contribution < -0.4 is 5.32 Å². The number of hydrogen-bond acceptors (Lipinski definition) is 5. The van der Waals surface area contributed by atoms with Crippen LogP contribution in [0, 0.1) is 0 Å². The third-order valence-corrected chi connectivity index (χ3v) is 4.19. The SMILES string of the molecule is O=Cc1nc(Nc2cn(-c3cccc(Cl)c3)cn2)c2cc(Cl)ccc2n1. The molecule has 0 saturated heterocycles. The highest BCUT2D eigenvalue weighted by Crippen LogP contribution is 2.26. The van der Waals surface area contributed by atoms with Crippen molar-refractivity contribution in [3.8, 4) is 5.69 Å². The molecule has 0 spiro atoms. The molecule has 0 aliphatic heterocycles. The molecule has 0 bridgehead atoms. The van der Waals surface area contributed by atoms with Gasteiger partial charge in [0.25, 0.3) is 0 Å². The molecule has 4 aromatic rings. The minimum Gasteiger partial charge on any atom is -0.323 e. The highest BCUT2D eigenvalue weighted by Gasteiger charge is 2.10. The van der Waals surface area contributed by atoms with Crippen LogP contribution in [0.5, 0.6) is 0 Å². The van der Waals surface area contributed by atoms with E-state index in [1.165, 1.54) is 0 Å². The van der Waals surface area contributed by atoms with E-state index in [9.17, 15) is 4.79 Å². The zero-order valence-corrected chi connectivity index (χ0v) is 14.7. The summed E-state index contributed by atoms with van der Waals surface area (Å²) in [7, 11) is 0. The lowest BCUT2D eigenvalue weighted by Gasteiger charge is -2.07. The van der Waals surface area contributed by atoms with Crippen LogP contribution >= 0.6 is 23.2 Å². The molecule has 0 fully saturated rings. The summed E-state index contributed by atoms with van der Waals surface area (Å²) in [5.41, 5.74) is 1.49. The third-order valence-electron chi connectivity index (χ3n) is 3.72. The number of rotatable bonds is 4. The Morgan fingerprint density at radius 2 is 1.88 bits per heavy atom. The molecular formula is C18H11Cl2N5O. The second kappa shape index (κ2) is 6.74. The van der Waals surface area contributed by atoms with Crippen LogP contribution in [0.15, 0.2) is 55.0 Å². The Labute approximate surface area is 158 Å². The molecule has 4 rings (SSSR count). The highest BCUT2D eigenvalue weighted by atomic mass is 35.5. The molecule has 0 saturated carbocycles. The van der Waals surface area contributed by atoms with Gasteiger partial charge in [-0.25, -0.2) is 15.0 Å². The normalized spacial score (nSPS) is 10.8. The lowest BCUT2D eigenvalue weighted by molar-refractivity contribution is 0.111. The summed E-state index contributed by atoms with van der Waals surface area (Å²) < 4.78 is 1.82. The van der Waals surface area contributed by atoms with Crippen molar-refractivity contribution in [1.82, 2.24) is 19.5 Å². The number of nitrogens with zero attached hydrogens (tertiary/aromatic N) is 4. The molecular weight excluding hydrogens is 373 g/mol. The van der Waals surface area contributed by atoms with Gasteiger partial charge in [0.15, 0.2) is 12.1 Å². The van der Waals surface area contributed by atoms with Crippen LogP contribution in [0.1, 0.15) is 10.6 Å². The Hall–Kier alpha value is -2.96. The number of carbonyl (C=O) groups is 1. The number of fused-ring (bicyclic) bond motifs is 1. The first kappa shape index (κ1) is 16.5. The summed E-state index contributed by atoms with van der Waals surface area (Å²) in [6, 6.07) is 12.6. The average molecular weight is 384 g/mol. The Morgan fingerprint density at radius 3 is 2.69 bits per heavy atom. The zero-order chi connectivity index (χ0) is 18.1. The zero-order valence-electron chi connectivity index (χ0n) is 13.2. The van der Waals surface area contributed by atoms with Crippen LogP contribution in [0.3, 0.4) is 0 Å². The maximum atomic E-state index is 11.1. The van der Waals surface area contributed by atoms with Crippen LogP contribution in [0.2, 0.25) is 10.0 Å². The first-order valence-electron chi connectivity index (χ1n) is 7.62. The molecule has 128 valence electrons. The third kappa shape index (κ3) is 3.24. The summed E-state index contributed by atoms with van der Waals surface area (Å²) in [4.78, 5) is 23.9. The lowest BCUT2D eigenvalue weighted by atomic mass is 10.2. The van der Waals surface area contributed by atoms with E-state index in [0.29, 0.717) is 38.9 Å². The smallest absolute Gasteiger partial charge is 0.195 e. The van der Waals surface area contributed by atoms with Crippen molar-refractivity contribution in [1.29, 1.82) is 0 Å². The Balaban J connectivity index is 1.73. The maximum Gasteiger partial charge on any atom is 0.195 e. The van der Waals surface area contributed by atoms with Gasteiger partial charge in [0, 0.05) is 21.1 Å². The van der Waals surface area contributed by atoms with Gasteiger partial charge >= 0.3 is 0 Å². The quantitative estimate of drug-likeness (QED) is 0.518. The van der Waals surface area contributed by atoms with E-state index in [1.54, 1.807) is 36.8 Å². The number of halogens is 2. The van der Waals surface area contributed by atoms with E-state index in [0.717, 1.165) is 5.69 Å². The Bertz CT molecular complexity index is 1130. The minimum absolute atomic E-state index is 0.0802. The predicted molar refractivity (Wildman–Crippen MR) is 102 cm³/mol. The van der Waals surface area contributed by atoms with E-state index < -0.39 is 0 Å². The summed E-state index contributed by atoms with van der Waals surface area (Å²) in [5, 5.41) is 5.00. The van der Waals surface area contributed by atoms with Gasteiger partial charge in [-0.2, -0.15) is 0 Å². The van der Waals surface area contributed by atoms with E-state index in [-0.39, 0.29) is 5.82 Å². The van der Waals surface area contributed by atoms with Crippen molar-refractivity contribution in [2.24, 2.45) is 0 Å². The number of aldehydes is 1. The first-order chi connectivity index (χ1) is 12.6. The van der Waals surface area contributed by atoms with Crippen LogP contribution in [-0.4, -0.2) is 25.8 Å². The molecule has 0 radical (unpaired) electrons. The van der Waals surface area contributed by atoms with Gasteiger partial charge in [-0.3, -0.25) is 4.79 Å². The second-order valence-corrected chi connectivity index (χ2v) is 6.35. The monoisotopic (exact) mass is 383 g/mol. The number of nitrogens with one attached hydrogen (secondary N) is 1. The molecule has 0 atom stereocenters. The molecule has 0 unspecified atom stereocenters. The summed E-state index contributed by atoms with van der Waals surface area (Å²) in [6.45, 7) is 0. The standard InChI is InChI=1S/C18H11Cl2N5O/c19-11-2-1-3-13(6-11)25-8-16(21-10-25)23-18-14-7-12(20)4-5-15(14)22-17(9-26)24-18/h1-10H,(H,22,23,24). The van der Waals surface area contributed by atoms with Gasteiger partial charge in [-0.1, -0.05) is 29.3 Å². The maximum absolute atomic E-state index is 11.1. The fourth-order valence-corrected chi connectivity index (χ4v) is 2.91. The number of benzene rings is 2. The number of carbonyl (C=O) groups excluding carboxylic acids is 1. The van der Waals surface area contributed by atoms with Crippen LogP contribution in [-0.2, 0) is 0 Å². The molecule has 0 aliphatic rings. The first-order valence-corrected chi connectivity index (χ1v) is 8.37. The van der Waals surface area contributed by atoms with E-state index in [2.05, 4.69) is 20.3 Å². The number of anilines is 2. The fourth-order valence-electron chi connectivity index (χ4n) is 2.55. The summed E-state index contributed by atoms with van der Waals surface area (Å²) in [6.07, 6.45) is 4.06. The average Bonchev–Trinajstić information content (AvgIpc) is 3.10. The number of aromatic nitrogens is 4. The second-order valence-electron chi connectivity index (χ2n) is 5.48. The van der Waals surface area contributed by atoms with Crippen molar-refractivity contribution in [3.05, 3.63) is 70.9 Å². The van der Waals surface area contributed by atoms with Gasteiger partial charge < -0.3 is 9.88 Å². The molecule has 26 heavy (non-hydrogen) atoms. The van der Waals surface area contributed by atoms with E-state index >= 15 is 0 Å². The van der Waals surface area contributed by atoms with Crippen molar-refractivity contribution in [2.45, 2.75) is 0 Å². The van der Waals surface area contributed by atoms with Crippen LogP contribution in [0.4, 0.5) is 11.6 Å². The van der Waals surface area contributed by atoms with E-state index in [4.69, 9.17) is 23.2 Å². The molecule has 8 heteroatoms. The van der Waals surface area contributed by atoms with Gasteiger partial charge in [0.05, 0.1) is 11.7 Å². The largest absolute Gasteiger partial charge is 0.323 e. The van der Waals surface area contributed by atoms with Crippen LogP contribution in [0.25, 0.3) is 16.6 Å². The van der Waals surface area contributed by atoms with Crippen molar-refractivity contribution >= 4 is 52.0 Å². The Morgan fingerprint density at radius 1 is 1.04 bits per heavy atom. The van der Waals surface area contributed by atoms with Gasteiger partial charge in [0.1, 0.15) is 18.0 Å². The van der Waals surface area contributed by atoms with Gasteiger partial charge in [0.2, 0.25) is 0 Å². The number of hydrogen-bond donors (Lipinski definition) is 1. The van der Waals surface area contributed by atoms with Crippen molar-refractivity contribution in [2.75, 3.05) is 5.32 Å². The molecule has 6 nitrogen and oxygen atoms in total. The molecule has 0 aliphatic carbocycles. The lowest BCUT2D eigenvalue weighted by Crippen LogP contribution is -2.01. The Kier molecular flexibility index (Phi) is 4.28. The summed E-state index contributed by atoms with van der Waals surface area (Å²) in [5.74, 6) is 1.09. The van der Waals surface area contributed by atoms with E-state index in [1.807, 2.05) is 22.8 Å². The fraction of sp³-hybridized carbons (Fsp3) is 0. The van der Waals surface area contributed by atoms with Crippen molar-refractivity contribution < 1.29 is 4.79 Å². The predicted octanol–water partition coefficient (Wildman–Crippen LogP) is 4.68. The highest BCUT2D eigenvalue weighted by molar-refractivity contribution is 6.31. The molecule has 1 N–H and O–H groups in total.